The lowest BCUT2D eigenvalue weighted by Crippen LogP contribution is -2.35. The van der Waals surface area contributed by atoms with Crippen LogP contribution in [-0.4, -0.2) is 40.6 Å². The van der Waals surface area contributed by atoms with E-state index < -0.39 is 0 Å². The maximum atomic E-state index is 12.7. The number of hydrogen-bond donors (Lipinski definition) is 1. The molecule has 0 bridgehead atoms. The van der Waals surface area contributed by atoms with Crippen molar-refractivity contribution < 1.29 is 9.47 Å². The van der Waals surface area contributed by atoms with Crippen LogP contribution in [0, 0.1) is 0 Å². The molecule has 0 spiro atoms. The van der Waals surface area contributed by atoms with Gasteiger partial charge in [-0.3, -0.25) is 14.7 Å². The number of benzene rings is 1. The molecule has 1 aliphatic heterocycles. The minimum absolute atomic E-state index is 0.0915. The number of nitrogens with zero attached hydrogens (tertiary/aromatic N) is 3. The summed E-state index contributed by atoms with van der Waals surface area (Å²) >= 11 is 0. The van der Waals surface area contributed by atoms with Crippen molar-refractivity contribution in [1.82, 2.24) is 19.9 Å². The van der Waals surface area contributed by atoms with E-state index in [1.54, 1.807) is 26.6 Å². The van der Waals surface area contributed by atoms with Crippen molar-refractivity contribution in [1.29, 1.82) is 0 Å². The number of aromatic nitrogens is 3. The van der Waals surface area contributed by atoms with Gasteiger partial charge in [-0.25, -0.2) is 4.98 Å². The zero-order valence-electron chi connectivity index (χ0n) is 15.9. The number of fused-ring (bicyclic) bond motifs is 1. The van der Waals surface area contributed by atoms with Gasteiger partial charge in [0.25, 0.3) is 5.56 Å². The Balaban J connectivity index is 1.59. The quantitative estimate of drug-likeness (QED) is 0.734. The second-order valence-electron chi connectivity index (χ2n) is 6.69. The number of nitrogens with one attached hydrogen (secondary N) is 1. The molecule has 2 aromatic heterocycles. The van der Waals surface area contributed by atoms with E-state index >= 15 is 0 Å². The van der Waals surface area contributed by atoms with E-state index in [2.05, 4.69) is 19.9 Å². The molecule has 1 aromatic carbocycles. The van der Waals surface area contributed by atoms with E-state index in [0.717, 1.165) is 41.1 Å². The van der Waals surface area contributed by atoms with Gasteiger partial charge in [-0.1, -0.05) is 12.1 Å². The van der Waals surface area contributed by atoms with Crippen molar-refractivity contribution in [2.45, 2.75) is 19.5 Å². The normalized spacial score (nSPS) is 13.8. The van der Waals surface area contributed by atoms with Gasteiger partial charge in [-0.05, 0) is 18.2 Å². The van der Waals surface area contributed by atoms with Gasteiger partial charge in [-0.2, -0.15) is 0 Å². The van der Waals surface area contributed by atoms with E-state index in [9.17, 15) is 4.79 Å². The average Bonchev–Trinajstić information content (AvgIpc) is 2.74. The molecule has 28 heavy (non-hydrogen) atoms. The first-order chi connectivity index (χ1) is 13.7. The summed E-state index contributed by atoms with van der Waals surface area (Å²) in [4.78, 5) is 26.6. The number of methoxy groups -OCH3 is 2. The summed E-state index contributed by atoms with van der Waals surface area (Å²) in [6, 6.07) is 9.57. The predicted octanol–water partition coefficient (Wildman–Crippen LogP) is 2.41. The van der Waals surface area contributed by atoms with Gasteiger partial charge in [0.15, 0.2) is 11.5 Å². The Morgan fingerprint density at radius 2 is 2.07 bits per heavy atom. The molecular formula is C21H22N4O3. The van der Waals surface area contributed by atoms with Crippen molar-refractivity contribution in [3.63, 3.8) is 0 Å². The molecule has 3 aromatic rings. The fourth-order valence-electron chi connectivity index (χ4n) is 3.57. The van der Waals surface area contributed by atoms with Crippen molar-refractivity contribution in [2.24, 2.45) is 0 Å². The summed E-state index contributed by atoms with van der Waals surface area (Å²) in [6.07, 6.45) is 4.12. The van der Waals surface area contributed by atoms with Crippen LogP contribution in [0.5, 0.6) is 11.5 Å². The first kappa shape index (κ1) is 18.2. The van der Waals surface area contributed by atoms with Crippen LogP contribution in [0.4, 0.5) is 0 Å². The minimum Gasteiger partial charge on any atom is -0.493 e. The molecule has 1 aliphatic rings. The van der Waals surface area contributed by atoms with Crippen molar-refractivity contribution in [3.8, 4) is 22.9 Å². The molecule has 3 heterocycles. The number of pyridine rings is 1. The monoisotopic (exact) mass is 378 g/mol. The molecule has 4 rings (SSSR count). The maximum absolute atomic E-state index is 12.7. The highest BCUT2D eigenvalue weighted by Crippen LogP contribution is 2.32. The third-order valence-electron chi connectivity index (χ3n) is 4.96. The number of aromatic amines is 1. The molecule has 1 N–H and O–H groups in total. The summed E-state index contributed by atoms with van der Waals surface area (Å²) in [5.41, 5.74) is 3.33. The third-order valence-corrected chi connectivity index (χ3v) is 4.96. The maximum Gasteiger partial charge on any atom is 0.255 e. The number of hydrogen-bond acceptors (Lipinski definition) is 6. The topological polar surface area (TPSA) is 80.3 Å². The van der Waals surface area contributed by atoms with Crippen molar-refractivity contribution in [3.05, 3.63) is 69.9 Å². The molecule has 0 amide bonds. The van der Waals surface area contributed by atoms with Crippen LogP contribution < -0.4 is 15.0 Å². The molecule has 0 saturated heterocycles. The molecule has 144 valence electrons. The standard InChI is InChI=1S/C21H22N4O3/c1-27-18-7-3-5-15(19(18)28-2)12-25-10-8-17-16(13-25)21(26)24-20(23-17)14-6-4-9-22-11-14/h3-7,9,11H,8,10,12-13H2,1-2H3,(H,23,24,26). The lowest BCUT2D eigenvalue weighted by molar-refractivity contribution is 0.237. The van der Waals surface area contributed by atoms with E-state index in [0.29, 0.717) is 24.7 Å². The Labute approximate surface area is 163 Å². The number of H-pyrrole nitrogens is 1. The van der Waals surface area contributed by atoms with Gasteiger partial charge in [0, 0.05) is 49.6 Å². The number of ether oxygens (including phenoxy) is 2. The van der Waals surface area contributed by atoms with Crippen LogP contribution >= 0.6 is 0 Å². The molecule has 0 saturated carbocycles. The summed E-state index contributed by atoms with van der Waals surface area (Å²) < 4.78 is 10.9. The second kappa shape index (κ2) is 7.82. The fraction of sp³-hybridized carbons (Fsp3) is 0.286. The minimum atomic E-state index is -0.0915. The van der Waals surface area contributed by atoms with Gasteiger partial charge >= 0.3 is 0 Å². The zero-order valence-corrected chi connectivity index (χ0v) is 15.9. The average molecular weight is 378 g/mol. The highest BCUT2D eigenvalue weighted by Gasteiger charge is 2.23. The lowest BCUT2D eigenvalue weighted by atomic mass is 10.0. The van der Waals surface area contributed by atoms with Gasteiger partial charge < -0.3 is 14.5 Å². The highest BCUT2D eigenvalue weighted by molar-refractivity contribution is 5.53. The third kappa shape index (κ3) is 3.48. The van der Waals surface area contributed by atoms with Gasteiger partial charge in [-0.15, -0.1) is 0 Å². The van der Waals surface area contributed by atoms with Crippen molar-refractivity contribution in [2.75, 3.05) is 20.8 Å². The summed E-state index contributed by atoms with van der Waals surface area (Å²) in [5, 5.41) is 0. The Morgan fingerprint density at radius 3 is 2.82 bits per heavy atom. The highest BCUT2D eigenvalue weighted by atomic mass is 16.5. The molecule has 0 radical (unpaired) electrons. The van der Waals surface area contributed by atoms with E-state index in [-0.39, 0.29) is 5.56 Å². The summed E-state index contributed by atoms with van der Waals surface area (Å²) in [7, 11) is 3.27. The summed E-state index contributed by atoms with van der Waals surface area (Å²) in [5.74, 6) is 2.01. The fourth-order valence-corrected chi connectivity index (χ4v) is 3.57. The molecule has 0 aliphatic carbocycles. The summed E-state index contributed by atoms with van der Waals surface area (Å²) in [6.45, 7) is 2.03. The van der Waals surface area contributed by atoms with Gasteiger partial charge in [0.2, 0.25) is 0 Å². The Bertz CT molecular complexity index is 1030. The molecule has 7 heteroatoms. The second-order valence-corrected chi connectivity index (χ2v) is 6.69. The molecular weight excluding hydrogens is 356 g/mol. The predicted molar refractivity (Wildman–Crippen MR) is 105 cm³/mol. The number of rotatable bonds is 5. The van der Waals surface area contributed by atoms with Crippen LogP contribution in [0.15, 0.2) is 47.5 Å². The zero-order chi connectivity index (χ0) is 19.5. The van der Waals surface area contributed by atoms with Gasteiger partial charge in [0.1, 0.15) is 5.82 Å². The first-order valence-electron chi connectivity index (χ1n) is 9.14. The largest absolute Gasteiger partial charge is 0.493 e. The Morgan fingerprint density at radius 1 is 1.18 bits per heavy atom. The van der Waals surface area contributed by atoms with Crippen LogP contribution in [0.25, 0.3) is 11.4 Å². The lowest BCUT2D eigenvalue weighted by Gasteiger charge is -2.28. The molecule has 0 atom stereocenters. The van der Waals surface area contributed by atoms with E-state index in [1.165, 1.54) is 0 Å². The Hall–Kier alpha value is -3.19. The first-order valence-corrected chi connectivity index (χ1v) is 9.14. The van der Waals surface area contributed by atoms with Crippen LogP contribution in [-0.2, 0) is 19.5 Å². The molecule has 7 nitrogen and oxygen atoms in total. The van der Waals surface area contributed by atoms with Gasteiger partial charge in [0.05, 0.1) is 25.5 Å². The number of para-hydroxylation sites is 1. The van der Waals surface area contributed by atoms with E-state index in [1.807, 2.05) is 30.3 Å². The molecule has 0 unspecified atom stereocenters. The SMILES string of the molecule is COc1cccc(CN2CCc3nc(-c4cccnc4)[nH]c(=O)c3C2)c1OC. The smallest absolute Gasteiger partial charge is 0.255 e. The van der Waals surface area contributed by atoms with E-state index in [4.69, 9.17) is 9.47 Å². The van der Waals surface area contributed by atoms with Crippen LogP contribution in [0.1, 0.15) is 16.8 Å². The van der Waals surface area contributed by atoms with Crippen LogP contribution in [0.2, 0.25) is 0 Å². The molecule has 0 fully saturated rings. The van der Waals surface area contributed by atoms with Crippen molar-refractivity contribution >= 4 is 0 Å². The Kier molecular flexibility index (Phi) is 5.08. The van der Waals surface area contributed by atoms with Crippen LogP contribution in [0.3, 0.4) is 0 Å².